The number of morpholine rings is 1. The lowest BCUT2D eigenvalue weighted by Crippen LogP contribution is -2.40. The van der Waals surface area contributed by atoms with E-state index in [2.05, 4.69) is 20.4 Å². The van der Waals surface area contributed by atoms with Crippen LogP contribution >= 0.6 is 23.2 Å². The lowest BCUT2D eigenvalue weighted by atomic mass is 10.1. The maximum Gasteiger partial charge on any atom is 0.248 e. The van der Waals surface area contributed by atoms with Gasteiger partial charge in [-0.25, -0.2) is 15.0 Å². The smallest absolute Gasteiger partial charge is 0.248 e. The molecule has 2 aliphatic rings. The van der Waals surface area contributed by atoms with Gasteiger partial charge in [-0.1, -0.05) is 35.4 Å². The molecule has 0 spiro atoms. The predicted molar refractivity (Wildman–Crippen MR) is 252 cm³/mol. The highest BCUT2D eigenvalue weighted by molar-refractivity contribution is 6.45. The van der Waals surface area contributed by atoms with E-state index in [0.717, 1.165) is 43.1 Å². The number of halogens is 2. The fraction of sp³-hybridized carbons (Fsp3) is 0.370. The Morgan fingerprint density at radius 3 is 2.21 bits per heavy atom. The minimum Gasteiger partial charge on any atom is -0.495 e. The minimum atomic E-state index is -0.609. The van der Waals surface area contributed by atoms with Crippen LogP contribution in [-0.4, -0.2) is 102 Å². The van der Waals surface area contributed by atoms with Crippen LogP contribution in [0.25, 0.3) is 49.5 Å². The summed E-state index contributed by atoms with van der Waals surface area (Å²) in [5.74, 6) is 0.0764. The van der Waals surface area contributed by atoms with Crippen LogP contribution in [0.15, 0.2) is 53.5 Å². The van der Waals surface area contributed by atoms with Crippen LogP contribution in [-0.2, 0) is 30.9 Å². The van der Waals surface area contributed by atoms with Crippen molar-refractivity contribution in [2.45, 2.75) is 66.5 Å². The number of nitrogens with two attached hydrogens (primary N) is 2. The lowest BCUT2D eigenvalue weighted by Gasteiger charge is -2.26. The monoisotopic (exact) mass is 935 g/mol. The molecule has 9 rings (SSSR count). The second-order valence-corrected chi connectivity index (χ2v) is 17.0. The maximum atomic E-state index is 12.8. The average Bonchev–Trinajstić information content (AvgIpc) is 4.06. The van der Waals surface area contributed by atoms with E-state index in [1.165, 1.54) is 0 Å². The molecule has 2 amide bonds. The Balaban J connectivity index is 1.18. The number of nitrogens with zero attached hydrogens (tertiary/aromatic N) is 10. The molecule has 1 atom stereocenters. The quantitative estimate of drug-likeness (QED) is 0.0523. The molecule has 0 bridgehead atoms. The molecule has 66 heavy (non-hydrogen) atoms. The van der Waals surface area contributed by atoms with E-state index in [0.29, 0.717) is 118 Å². The molecule has 344 valence electrons. The van der Waals surface area contributed by atoms with E-state index in [9.17, 15) is 9.59 Å². The number of rotatable bonds is 16. The van der Waals surface area contributed by atoms with Gasteiger partial charge in [-0.2, -0.15) is 10.2 Å². The second-order valence-electron chi connectivity index (χ2n) is 16.3. The van der Waals surface area contributed by atoms with Gasteiger partial charge in [0.05, 0.1) is 65.7 Å². The molecule has 7 heterocycles. The number of allylic oxidation sites excluding steroid dienone is 2. The van der Waals surface area contributed by atoms with Crippen LogP contribution in [0.5, 0.6) is 11.5 Å². The van der Waals surface area contributed by atoms with Crippen LogP contribution in [0.2, 0.25) is 5.15 Å². The standard InChI is InChI=1S/C46H51Cl2N13O5/c1-6-60-31(19-25(3)55-60)43-51-39(47)35-29-21-27(41(49)62)23-33(64-5)37(29)58(45(35)53-43)12-8-9-13-59-38-30(36-40(48)52-44(54-46(36)59)32-20-26(4)56-61(32)7-2)22-28(42(50)63)24-34(38)66-16-10-11-57-14-17-65-18-15-57/h8-9,19-24,43,51H,6-7,10-18H2,1-5H3,(H2,49,62)(H2,50,63)/b9-8+. The van der Waals surface area contributed by atoms with Crippen molar-refractivity contribution in [2.24, 2.45) is 16.5 Å². The van der Waals surface area contributed by atoms with E-state index >= 15 is 0 Å². The fourth-order valence-electron chi connectivity index (χ4n) is 8.99. The van der Waals surface area contributed by atoms with Gasteiger partial charge in [-0.05, 0) is 70.5 Å². The SMILES string of the molecule is CCn1nc(C)cc1-c1nc(Cl)c2c3cc(C(N)=O)cc(OCCCN4CCOCC4)c3n(C/C=C/Cn3c4c(c5cc(C(N)=O)cc(OC)c53)=C(Cl)NC(c3cc(C)nn3CC)N=4)c2n1. The average molecular weight is 937 g/mol. The van der Waals surface area contributed by atoms with Crippen LogP contribution in [0, 0.1) is 13.8 Å². The van der Waals surface area contributed by atoms with Gasteiger partial charge in [0.1, 0.15) is 38.6 Å². The van der Waals surface area contributed by atoms with Crippen molar-refractivity contribution in [1.29, 1.82) is 0 Å². The first kappa shape index (κ1) is 44.7. The number of ether oxygens (including phenoxy) is 3. The molecular weight excluding hydrogens is 885 g/mol. The molecule has 1 saturated heterocycles. The zero-order valence-electron chi connectivity index (χ0n) is 37.4. The van der Waals surface area contributed by atoms with Crippen molar-refractivity contribution < 1.29 is 23.8 Å². The summed E-state index contributed by atoms with van der Waals surface area (Å²) in [6.45, 7) is 14.1. The molecule has 5 N–H and O–H groups in total. The predicted octanol–water partition coefficient (Wildman–Crippen LogP) is 4.70. The van der Waals surface area contributed by atoms with Crippen molar-refractivity contribution >= 4 is 73.0 Å². The summed E-state index contributed by atoms with van der Waals surface area (Å²) in [6.07, 6.45) is 4.22. The summed E-state index contributed by atoms with van der Waals surface area (Å²) in [4.78, 5) is 42.9. The molecule has 20 heteroatoms. The number of methoxy groups -OCH3 is 1. The summed E-state index contributed by atoms with van der Waals surface area (Å²) < 4.78 is 25.8. The zero-order valence-corrected chi connectivity index (χ0v) is 38.9. The molecule has 2 aliphatic heterocycles. The van der Waals surface area contributed by atoms with Gasteiger partial charge in [0.25, 0.3) is 0 Å². The first-order valence-electron chi connectivity index (χ1n) is 21.9. The van der Waals surface area contributed by atoms with E-state index in [1.54, 1.807) is 31.4 Å². The van der Waals surface area contributed by atoms with E-state index < -0.39 is 18.0 Å². The van der Waals surface area contributed by atoms with Crippen molar-refractivity contribution in [3.63, 3.8) is 0 Å². The summed E-state index contributed by atoms with van der Waals surface area (Å²) in [5, 5.41) is 15.6. The summed E-state index contributed by atoms with van der Waals surface area (Å²) >= 11 is 14.3. The molecule has 7 aromatic rings. The number of amides is 2. The van der Waals surface area contributed by atoms with Gasteiger partial charge in [-0.15, -0.1) is 0 Å². The number of fused-ring (bicyclic) bond motifs is 6. The molecule has 0 saturated carbocycles. The summed E-state index contributed by atoms with van der Waals surface area (Å²) in [6, 6.07) is 10.7. The molecule has 2 aromatic carbocycles. The van der Waals surface area contributed by atoms with Gasteiger partial charge in [0, 0.05) is 67.7 Å². The number of carbonyl (C=O) groups excluding carboxylic acids is 2. The molecule has 1 unspecified atom stereocenters. The van der Waals surface area contributed by atoms with Crippen molar-refractivity contribution in [3.8, 4) is 23.0 Å². The highest BCUT2D eigenvalue weighted by atomic mass is 35.5. The number of aryl methyl sites for hydroxylation is 4. The topological polar surface area (TPSA) is 213 Å². The first-order chi connectivity index (χ1) is 31.9. The van der Waals surface area contributed by atoms with Crippen LogP contribution in [0.1, 0.15) is 64.2 Å². The summed E-state index contributed by atoms with van der Waals surface area (Å²) in [5.41, 5.74) is 18.0. The Bertz CT molecular complexity index is 3220. The maximum absolute atomic E-state index is 12.8. The van der Waals surface area contributed by atoms with Crippen molar-refractivity contribution in [1.82, 2.24) is 48.9 Å². The Hall–Kier alpha value is -6.47. The minimum absolute atomic E-state index is 0.203. The van der Waals surface area contributed by atoms with Crippen LogP contribution in [0.3, 0.4) is 0 Å². The third-order valence-corrected chi connectivity index (χ3v) is 12.6. The highest BCUT2D eigenvalue weighted by Crippen LogP contribution is 2.40. The van der Waals surface area contributed by atoms with Crippen molar-refractivity contribution in [3.05, 3.63) is 92.6 Å². The number of hydrogen-bond acceptors (Lipinski definition) is 12. The second kappa shape index (κ2) is 18.4. The number of aromatic nitrogens is 8. The van der Waals surface area contributed by atoms with E-state index in [4.69, 9.17) is 63.8 Å². The molecule has 0 radical (unpaired) electrons. The molecule has 18 nitrogen and oxygen atoms in total. The highest BCUT2D eigenvalue weighted by Gasteiger charge is 2.27. The van der Waals surface area contributed by atoms with Gasteiger partial charge < -0.3 is 40.1 Å². The number of carbonyl (C=O) groups is 2. The summed E-state index contributed by atoms with van der Waals surface area (Å²) in [7, 11) is 1.54. The van der Waals surface area contributed by atoms with Crippen LogP contribution < -0.4 is 37.0 Å². The van der Waals surface area contributed by atoms with Crippen LogP contribution in [0.4, 0.5) is 0 Å². The zero-order chi connectivity index (χ0) is 46.4. The number of benzene rings is 2. The third-order valence-electron chi connectivity index (χ3n) is 12.0. The lowest BCUT2D eigenvalue weighted by molar-refractivity contribution is 0.0358. The Morgan fingerprint density at radius 1 is 0.864 bits per heavy atom. The van der Waals surface area contributed by atoms with E-state index in [-0.39, 0.29) is 16.3 Å². The van der Waals surface area contributed by atoms with Gasteiger partial charge in [-0.3, -0.25) is 23.9 Å². The normalized spacial score (nSPS) is 15.5. The molecule has 0 aliphatic carbocycles. The Labute approximate surface area is 389 Å². The number of hydrogen-bond donors (Lipinski definition) is 3. The number of nitrogens with one attached hydrogen (secondary N) is 1. The number of primary amides is 2. The van der Waals surface area contributed by atoms with Crippen molar-refractivity contribution in [2.75, 3.05) is 46.6 Å². The molecule has 1 fully saturated rings. The molecule has 5 aromatic heterocycles. The third kappa shape index (κ3) is 8.22. The van der Waals surface area contributed by atoms with Gasteiger partial charge >= 0.3 is 0 Å². The van der Waals surface area contributed by atoms with Gasteiger partial charge in [0.2, 0.25) is 11.8 Å². The van der Waals surface area contributed by atoms with Gasteiger partial charge in [0.15, 0.2) is 12.0 Å². The fourth-order valence-corrected chi connectivity index (χ4v) is 9.54. The van der Waals surface area contributed by atoms with E-state index in [1.807, 2.05) is 70.5 Å². The largest absolute Gasteiger partial charge is 0.495 e. The molecular formula is C46H51Cl2N13O5. The Morgan fingerprint density at radius 2 is 1.52 bits per heavy atom. The Kier molecular flexibility index (Phi) is 12.5. The first-order valence-corrected chi connectivity index (χ1v) is 22.7.